The van der Waals surface area contributed by atoms with Crippen molar-refractivity contribution in [3.63, 3.8) is 0 Å². The summed E-state index contributed by atoms with van der Waals surface area (Å²) in [7, 11) is -3.75. The fourth-order valence-electron chi connectivity index (χ4n) is 1.54. The summed E-state index contributed by atoms with van der Waals surface area (Å²) in [6.45, 7) is 3.92. The van der Waals surface area contributed by atoms with Gasteiger partial charge in [-0.05, 0) is 25.5 Å². The van der Waals surface area contributed by atoms with Crippen LogP contribution in [-0.2, 0) is 10.0 Å². The van der Waals surface area contributed by atoms with Crippen molar-refractivity contribution in [1.82, 2.24) is 15.0 Å². The summed E-state index contributed by atoms with van der Waals surface area (Å²) in [6, 6.07) is 1.62. The number of hydrogen-bond donors (Lipinski definition) is 1. The Bertz CT molecular complexity index is 703. The van der Waals surface area contributed by atoms with Crippen LogP contribution in [0.5, 0.6) is 5.88 Å². The third-order valence-corrected chi connectivity index (χ3v) is 3.91. The molecule has 2 aromatic heterocycles. The third-order valence-electron chi connectivity index (χ3n) is 2.42. The zero-order valence-corrected chi connectivity index (χ0v) is 11.9. The number of nitrogens with zero attached hydrogens (tertiary/aromatic N) is 3. The molecular formula is C12H14N4O3S. The average Bonchev–Trinajstić information content (AvgIpc) is 2.39. The fourth-order valence-corrected chi connectivity index (χ4v) is 2.71. The van der Waals surface area contributed by atoms with E-state index in [2.05, 4.69) is 19.7 Å². The summed E-state index contributed by atoms with van der Waals surface area (Å²) in [5.74, 6) is 0.356. The second-order valence-electron chi connectivity index (χ2n) is 3.92. The quantitative estimate of drug-likeness (QED) is 0.895. The Labute approximate surface area is 117 Å². The van der Waals surface area contributed by atoms with E-state index in [0.29, 0.717) is 12.2 Å². The number of nitrogens with one attached hydrogen (secondary N) is 1. The lowest BCUT2D eigenvalue weighted by Gasteiger charge is -2.09. The highest BCUT2D eigenvalue weighted by molar-refractivity contribution is 7.92. The number of anilines is 1. The molecule has 0 aromatic carbocycles. The predicted octanol–water partition coefficient (Wildman–Crippen LogP) is 1.38. The van der Waals surface area contributed by atoms with Gasteiger partial charge in [-0.15, -0.1) is 0 Å². The first-order valence-corrected chi connectivity index (χ1v) is 7.39. The highest BCUT2D eigenvalue weighted by Crippen LogP contribution is 2.17. The topological polar surface area (TPSA) is 94.1 Å². The lowest BCUT2D eigenvalue weighted by atomic mass is 10.3. The summed E-state index contributed by atoms with van der Waals surface area (Å²) in [5.41, 5.74) is 0.599. The monoisotopic (exact) mass is 294 g/mol. The van der Waals surface area contributed by atoms with Crippen molar-refractivity contribution in [2.45, 2.75) is 18.7 Å². The lowest BCUT2D eigenvalue weighted by Crippen LogP contribution is -2.15. The zero-order chi connectivity index (χ0) is 14.6. The number of aromatic nitrogens is 3. The van der Waals surface area contributed by atoms with Crippen molar-refractivity contribution in [2.24, 2.45) is 0 Å². The Morgan fingerprint density at radius 3 is 2.75 bits per heavy atom. The van der Waals surface area contributed by atoms with E-state index in [1.54, 1.807) is 19.9 Å². The molecule has 8 heteroatoms. The van der Waals surface area contributed by atoms with Crippen LogP contribution in [0.4, 0.5) is 5.82 Å². The van der Waals surface area contributed by atoms with Crippen LogP contribution in [0.1, 0.15) is 12.5 Å². The van der Waals surface area contributed by atoms with E-state index in [1.807, 2.05) is 0 Å². The molecule has 2 rings (SSSR count). The Morgan fingerprint density at radius 1 is 1.25 bits per heavy atom. The third kappa shape index (κ3) is 3.21. The molecule has 2 aromatic rings. The normalized spacial score (nSPS) is 11.1. The maximum Gasteiger partial charge on any atom is 0.264 e. The van der Waals surface area contributed by atoms with Gasteiger partial charge in [-0.3, -0.25) is 14.7 Å². The van der Waals surface area contributed by atoms with Gasteiger partial charge in [-0.1, -0.05) is 0 Å². The van der Waals surface area contributed by atoms with Gasteiger partial charge in [0.25, 0.3) is 10.0 Å². The van der Waals surface area contributed by atoms with Crippen molar-refractivity contribution < 1.29 is 13.2 Å². The number of aryl methyl sites for hydroxylation is 1. The van der Waals surface area contributed by atoms with Crippen LogP contribution in [-0.4, -0.2) is 30.0 Å². The molecule has 0 aliphatic rings. The Hall–Kier alpha value is -2.22. The smallest absolute Gasteiger partial charge is 0.264 e. The molecule has 7 nitrogen and oxygen atoms in total. The minimum absolute atomic E-state index is 0.0965. The fraction of sp³-hybridized carbons (Fsp3) is 0.250. The van der Waals surface area contributed by atoms with Gasteiger partial charge in [0.2, 0.25) is 5.88 Å². The Morgan fingerprint density at radius 2 is 2.05 bits per heavy atom. The minimum Gasteiger partial charge on any atom is -0.477 e. The Kier molecular flexibility index (Phi) is 4.14. The standard InChI is InChI=1S/C12H14N4O3S/c1-3-19-12-8-14-7-11(15-12)16-20(17,18)10-6-13-5-4-9(10)2/h4-8H,3H2,1-2H3,(H,15,16). The average molecular weight is 294 g/mol. The first kappa shape index (κ1) is 14.2. The molecule has 0 bridgehead atoms. The van der Waals surface area contributed by atoms with Crippen molar-refractivity contribution >= 4 is 15.8 Å². The van der Waals surface area contributed by atoms with E-state index in [1.165, 1.54) is 24.8 Å². The van der Waals surface area contributed by atoms with E-state index in [9.17, 15) is 8.42 Å². The molecule has 0 saturated carbocycles. The van der Waals surface area contributed by atoms with Crippen molar-refractivity contribution in [2.75, 3.05) is 11.3 Å². The van der Waals surface area contributed by atoms with Crippen molar-refractivity contribution in [3.8, 4) is 5.88 Å². The Balaban J connectivity index is 2.29. The number of rotatable bonds is 5. The summed E-state index contributed by atoms with van der Waals surface area (Å²) in [6.07, 6.45) is 5.55. The van der Waals surface area contributed by atoms with Crippen LogP contribution in [0.15, 0.2) is 35.7 Å². The van der Waals surface area contributed by atoms with Gasteiger partial charge in [0, 0.05) is 12.4 Å². The molecule has 0 unspecified atom stereocenters. The summed E-state index contributed by atoms with van der Waals surface area (Å²) >= 11 is 0. The molecule has 0 aliphatic carbocycles. The number of ether oxygens (including phenoxy) is 1. The molecule has 0 atom stereocenters. The molecule has 0 saturated heterocycles. The van der Waals surface area contributed by atoms with Gasteiger partial charge < -0.3 is 4.74 Å². The number of hydrogen-bond acceptors (Lipinski definition) is 6. The number of pyridine rings is 1. The van der Waals surface area contributed by atoms with Crippen LogP contribution >= 0.6 is 0 Å². The van der Waals surface area contributed by atoms with E-state index < -0.39 is 10.0 Å². The summed E-state index contributed by atoms with van der Waals surface area (Å²) in [5, 5.41) is 0. The van der Waals surface area contributed by atoms with Gasteiger partial charge in [-0.25, -0.2) is 8.42 Å². The van der Waals surface area contributed by atoms with Crippen LogP contribution in [0.2, 0.25) is 0 Å². The first-order chi connectivity index (χ1) is 9.53. The summed E-state index contributed by atoms with van der Waals surface area (Å²) in [4.78, 5) is 11.8. The SMILES string of the molecule is CCOc1cncc(NS(=O)(=O)c2cnccc2C)n1. The molecular weight excluding hydrogens is 280 g/mol. The highest BCUT2D eigenvalue weighted by atomic mass is 32.2. The van der Waals surface area contributed by atoms with Gasteiger partial charge in [0.15, 0.2) is 5.82 Å². The molecule has 0 aliphatic heterocycles. The predicted molar refractivity (Wildman–Crippen MR) is 73.0 cm³/mol. The van der Waals surface area contributed by atoms with Crippen LogP contribution in [0, 0.1) is 6.92 Å². The van der Waals surface area contributed by atoms with Crippen LogP contribution < -0.4 is 9.46 Å². The van der Waals surface area contributed by atoms with E-state index in [-0.39, 0.29) is 16.6 Å². The molecule has 106 valence electrons. The van der Waals surface area contributed by atoms with Gasteiger partial charge in [-0.2, -0.15) is 4.98 Å². The first-order valence-electron chi connectivity index (χ1n) is 5.91. The zero-order valence-electron chi connectivity index (χ0n) is 11.1. The number of sulfonamides is 1. The lowest BCUT2D eigenvalue weighted by molar-refractivity contribution is 0.326. The molecule has 0 radical (unpaired) electrons. The van der Waals surface area contributed by atoms with Crippen molar-refractivity contribution in [1.29, 1.82) is 0 Å². The molecule has 20 heavy (non-hydrogen) atoms. The maximum atomic E-state index is 12.2. The molecule has 0 spiro atoms. The van der Waals surface area contributed by atoms with E-state index in [4.69, 9.17) is 4.74 Å². The van der Waals surface area contributed by atoms with Crippen LogP contribution in [0.25, 0.3) is 0 Å². The largest absolute Gasteiger partial charge is 0.477 e. The molecule has 0 fully saturated rings. The van der Waals surface area contributed by atoms with Gasteiger partial charge >= 0.3 is 0 Å². The molecule has 1 N–H and O–H groups in total. The van der Waals surface area contributed by atoms with Gasteiger partial charge in [0.05, 0.1) is 19.0 Å². The second-order valence-corrected chi connectivity index (χ2v) is 5.57. The molecule has 2 heterocycles. The molecule has 0 amide bonds. The summed E-state index contributed by atoms with van der Waals surface area (Å²) < 4.78 is 32.0. The van der Waals surface area contributed by atoms with Gasteiger partial charge in [0.1, 0.15) is 4.90 Å². The minimum atomic E-state index is -3.75. The van der Waals surface area contributed by atoms with Crippen LogP contribution in [0.3, 0.4) is 0 Å². The van der Waals surface area contributed by atoms with Crippen molar-refractivity contribution in [3.05, 3.63) is 36.4 Å². The maximum absolute atomic E-state index is 12.2. The van der Waals surface area contributed by atoms with E-state index >= 15 is 0 Å². The van der Waals surface area contributed by atoms with E-state index in [0.717, 1.165) is 0 Å². The second kappa shape index (κ2) is 5.83. The highest BCUT2D eigenvalue weighted by Gasteiger charge is 2.18.